The molecule has 0 saturated carbocycles. The summed E-state index contributed by atoms with van der Waals surface area (Å²) < 4.78 is 3.70. The first kappa shape index (κ1) is 16.7. The summed E-state index contributed by atoms with van der Waals surface area (Å²) in [6.45, 7) is 9.01. The Morgan fingerprint density at radius 3 is 2.50 bits per heavy atom. The van der Waals surface area contributed by atoms with Gasteiger partial charge in [-0.1, -0.05) is 0 Å². The van der Waals surface area contributed by atoms with Crippen LogP contribution in [0.1, 0.15) is 23.4 Å². The number of carbonyl (C=O) groups excluding carboxylic acids is 1. The fourth-order valence-corrected chi connectivity index (χ4v) is 3.16. The lowest BCUT2D eigenvalue weighted by Gasteiger charge is -2.34. The molecule has 0 atom stereocenters. The zero-order valence-electron chi connectivity index (χ0n) is 14.8. The number of rotatable bonds is 5. The lowest BCUT2D eigenvalue weighted by Crippen LogP contribution is -2.48. The normalized spacial score (nSPS) is 15.9. The largest absolute Gasteiger partial charge is 0.340 e. The molecule has 24 heavy (non-hydrogen) atoms. The molecule has 0 aliphatic carbocycles. The lowest BCUT2D eigenvalue weighted by atomic mass is 10.2. The molecule has 7 heteroatoms. The van der Waals surface area contributed by atoms with Gasteiger partial charge in [-0.15, -0.1) is 0 Å². The Bertz CT molecular complexity index is 696. The van der Waals surface area contributed by atoms with Crippen LogP contribution in [0.15, 0.2) is 18.5 Å². The molecule has 2 aromatic heterocycles. The molecule has 2 aromatic rings. The monoisotopic (exact) mass is 330 g/mol. The Hall–Kier alpha value is -2.15. The van der Waals surface area contributed by atoms with E-state index in [1.54, 1.807) is 0 Å². The minimum atomic E-state index is 0.223. The van der Waals surface area contributed by atoms with E-state index < -0.39 is 0 Å². The fourth-order valence-electron chi connectivity index (χ4n) is 3.16. The number of hydrogen-bond acceptors (Lipinski definition) is 4. The molecule has 7 nitrogen and oxygen atoms in total. The van der Waals surface area contributed by atoms with Crippen molar-refractivity contribution in [1.82, 2.24) is 29.4 Å². The Morgan fingerprint density at radius 2 is 1.92 bits per heavy atom. The predicted molar refractivity (Wildman–Crippen MR) is 91.4 cm³/mol. The predicted octanol–water partition coefficient (Wildman–Crippen LogP) is 0.968. The van der Waals surface area contributed by atoms with E-state index in [0.717, 1.165) is 44.1 Å². The van der Waals surface area contributed by atoms with Crippen molar-refractivity contribution >= 4 is 5.91 Å². The highest BCUT2D eigenvalue weighted by Gasteiger charge is 2.21. The van der Waals surface area contributed by atoms with Crippen molar-refractivity contribution < 1.29 is 4.79 Å². The van der Waals surface area contributed by atoms with Gasteiger partial charge in [0, 0.05) is 70.7 Å². The van der Waals surface area contributed by atoms with Crippen molar-refractivity contribution in [2.45, 2.75) is 33.4 Å². The van der Waals surface area contributed by atoms with Gasteiger partial charge in [0.15, 0.2) is 0 Å². The van der Waals surface area contributed by atoms with Crippen molar-refractivity contribution in [1.29, 1.82) is 0 Å². The molecule has 1 aliphatic heterocycles. The summed E-state index contributed by atoms with van der Waals surface area (Å²) in [6.07, 6.45) is 4.53. The van der Waals surface area contributed by atoms with Gasteiger partial charge in [0.05, 0.1) is 11.4 Å². The topological polar surface area (TPSA) is 59.2 Å². The number of hydrogen-bond donors (Lipinski definition) is 0. The summed E-state index contributed by atoms with van der Waals surface area (Å²) in [6, 6.07) is 1.96. The quantitative estimate of drug-likeness (QED) is 0.820. The van der Waals surface area contributed by atoms with Crippen LogP contribution in [0.2, 0.25) is 0 Å². The van der Waals surface area contributed by atoms with Crippen LogP contribution in [-0.4, -0.2) is 61.4 Å². The van der Waals surface area contributed by atoms with Crippen molar-refractivity contribution in [2.75, 3.05) is 26.2 Å². The number of piperazine rings is 1. The Morgan fingerprint density at radius 1 is 1.17 bits per heavy atom. The maximum absolute atomic E-state index is 12.4. The smallest absolute Gasteiger partial charge is 0.224 e. The van der Waals surface area contributed by atoms with Crippen LogP contribution in [0.3, 0.4) is 0 Å². The van der Waals surface area contributed by atoms with Gasteiger partial charge in [-0.2, -0.15) is 10.2 Å². The molecule has 0 radical (unpaired) electrons. The summed E-state index contributed by atoms with van der Waals surface area (Å²) in [5, 5.41) is 8.72. The number of carbonyl (C=O) groups is 1. The highest BCUT2D eigenvalue weighted by Crippen LogP contribution is 2.12. The Kier molecular flexibility index (Phi) is 4.99. The minimum Gasteiger partial charge on any atom is -0.340 e. The van der Waals surface area contributed by atoms with Crippen LogP contribution in [0.5, 0.6) is 0 Å². The number of nitrogens with zero attached hydrogens (tertiary/aromatic N) is 6. The molecule has 3 rings (SSSR count). The van der Waals surface area contributed by atoms with E-state index >= 15 is 0 Å². The van der Waals surface area contributed by atoms with Crippen molar-refractivity contribution in [2.24, 2.45) is 7.05 Å². The first-order valence-corrected chi connectivity index (χ1v) is 8.50. The average Bonchev–Trinajstić information content (AvgIpc) is 3.11. The summed E-state index contributed by atoms with van der Waals surface area (Å²) in [7, 11) is 1.95. The molecule has 3 heterocycles. The molecule has 130 valence electrons. The molecular formula is C17H26N6O. The van der Waals surface area contributed by atoms with E-state index in [4.69, 9.17) is 0 Å². The lowest BCUT2D eigenvalue weighted by molar-refractivity contribution is -0.133. The van der Waals surface area contributed by atoms with Gasteiger partial charge in [-0.25, -0.2) is 0 Å². The van der Waals surface area contributed by atoms with E-state index in [2.05, 4.69) is 21.3 Å². The van der Waals surface area contributed by atoms with E-state index in [1.807, 2.05) is 47.4 Å². The Labute approximate surface area is 142 Å². The van der Waals surface area contributed by atoms with Crippen LogP contribution in [0.4, 0.5) is 0 Å². The third-order valence-electron chi connectivity index (χ3n) is 4.56. The summed E-state index contributed by atoms with van der Waals surface area (Å²) in [5.41, 5.74) is 3.35. The van der Waals surface area contributed by atoms with Crippen LogP contribution >= 0.6 is 0 Å². The molecule has 1 saturated heterocycles. The van der Waals surface area contributed by atoms with Crippen LogP contribution in [0, 0.1) is 13.8 Å². The minimum absolute atomic E-state index is 0.223. The SMILES string of the molecule is Cc1ccn(CCC(=O)N2CCN(Cc3cn(C)nc3C)CC2)n1. The zero-order chi connectivity index (χ0) is 17.1. The highest BCUT2D eigenvalue weighted by atomic mass is 16.2. The maximum Gasteiger partial charge on any atom is 0.224 e. The number of aromatic nitrogens is 4. The Balaban J connectivity index is 1.44. The third-order valence-corrected chi connectivity index (χ3v) is 4.56. The van der Waals surface area contributed by atoms with Gasteiger partial charge in [-0.3, -0.25) is 19.1 Å². The van der Waals surface area contributed by atoms with E-state index in [-0.39, 0.29) is 5.91 Å². The molecule has 1 amide bonds. The van der Waals surface area contributed by atoms with Gasteiger partial charge in [0.1, 0.15) is 0 Å². The summed E-state index contributed by atoms with van der Waals surface area (Å²) >= 11 is 0. The molecular weight excluding hydrogens is 304 g/mol. The first-order chi connectivity index (χ1) is 11.5. The van der Waals surface area contributed by atoms with Crippen LogP contribution in [-0.2, 0) is 24.9 Å². The van der Waals surface area contributed by atoms with Crippen LogP contribution < -0.4 is 0 Å². The highest BCUT2D eigenvalue weighted by molar-refractivity contribution is 5.76. The maximum atomic E-state index is 12.4. The average molecular weight is 330 g/mol. The standard InChI is InChI=1S/C17H26N6O/c1-14-4-6-23(18-14)7-5-17(24)22-10-8-21(9-11-22)13-16-12-20(3)19-15(16)2/h4,6,12H,5,7-11,13H2,1-3H3. The molecule has 1 fully saturated rings. The van der Waals surface area contributed by atoms with Gasteiger partial charge >= 0.3 is 0 Å². The molecule has 0 spiro atoms. The van der Waals surface area contributed by atoms with Crippen molar-refractivity contribution in [3.63, 3.8) is 0 Å². The second-order valence-corrected chi connectivity index (χ2v) is 6.54. The van der Waals surface area contributed by atoms with Crippen molar-refractivity contribution in [3.05, 3.63) is 35.4 Å². The molecule has 0 bridgehead atoms. The first-order valence-electron chi connectivity index (χ1n) is 8.50. The van der Waals surface area contributed by atoms with E-state index in [9.17, 15) is 4.79 Å². The van der Waals surface area contributed by atoms with Gasteiger partial charge in [-0.05, 0) is 19.9 Å². The van der Waals surface area contributed by atoms with Gasteiger partial charge in [0.2, 0.25) is 5.91 Å². The molecule has 0 unspecified atom stereocenters. The summed E-state index contributed by atoms with van der Waals surface area (Å²) in [4.78, 5) is 16.7. The summed E-state index contributed by atoms with van der Waals surface area (Å²) in [5.74, 6) is 0.223. The zero-order valence-corrected chi connectivity index (χ0v) is 14.8. The second kappa shape index (κ2) is 7.17. The molecule has 0 N–H and O–H groups in total. The van der Waals surface area contributed by atoms with Crippen molar-refractivity contribution in [3.8, 4) is 0 Å². The van der Waals surface area contributed by atoms with E-state index in [0.29, 0.717) is 13.0 Å². The van der Waals surface area contributed by atoms with Gasteiger partial charge in [0.25, 0.3) is 0 Å². The third kappa shape index (κ3) is 4.03. The van der Waals surface area contributed by atoms with E-state index in [1.165, 1.54) is 5.56 Å². The number of aryl methyl sites for hydroxylation is 4. The molecule has 1 aliphatic rings. The van der Waals surface area contributed by atoms with Gasteiger partial charge < -0.3 is 4.90 Å². The number of amides is 1. The van der Waals surface area contributed by atoms with Crippen LogP contribution in [0.25, 0.3) is 0 Å². The molecule has 0 aromatic carbocycles. The second-order valence-electron chi connectivity index (χ2n) is 6.54. The fraction of sp³-hybridized carbons (Fsp3) is 0.588.